The lowest BCUT2D eigenvalue weighted by Crippen LogP contribution is -2.34. The third-order valence-corrected chi connectivity index (χ3v) is 5.45. The Labute approximate surface area is 166 Å². The summed E-state index contributed by atoms with van der Waals surface area (Å²) in [4.78, 5) is 18.7. The minimum Gasteiger partial charge on any atom is -0.341 e. The van der Waals surface area contributed by atoms with Crippen LogP contribution in [0.3, 0.4) is 0 Å². The first kappa shape index (κ1) is 18.7. The molecule has 1 aromatic heterocycles. The molecule has 2 fully saturated rings. The van der Waals surface area contributed by atoms with Crippen molar-refractivity contribution in [3.63, 3.8) is 0 Å². The molecule has 1 N–H and O–H groups in total. The quantitative estimate of drug-likeness (QED) is 0.632. The Bertz CT molecular complexity index is 772. The molecule has 7 nitrogen and oxygen atoms in total. The van der Waals surface area contributed by atoms with Crippen molar-refractivity contribution in [3.8, 4) is 0 Å². The van der Waals surface area contributed by atoms with Gasteiger partial charge >= 0.3 is 0 Å². The van der Waals surface area contributed by atoms with E-state index in [0.29, 0.717) is 5.95 Å². The third kappa shape index (κ3) is 4.58. The smallest absolute Gasteiger partial charge is 0.250 e. The van der Waals surface area contributed by atoms with Crippen LogP contribution in [0, 0.1) is 6.92 Å². The Hall–Kier alpha value is -2.70. The SMILES string of the molecule is Cc1ccccc1C=NNc1nc(N2CCCCC2)nc(N2CCCCC2)n1. The van der Waals surface area contributed by atoms with Crippen LogP contribution in [0.2, 0.25) is 0 Å². The van der Waals surface area contributed by atoms with E-state index in [0.717, 1.165) is 43.6 Å². The molecule has 2 aliphatic heterocycles. The van der Waals surface area contributed by atoms with E-state index >= 15 is 0 Å². The molecule has 28 heavy (non-hydrogen) atoms. The first-order chi connectivity index (χ1) is 13.8. The van der Waals surface area contributed by atoms with Crippen LogP contribution in [0.5, 0.6) is 0 Å². The fraction of sp³-hybridized carbons (Fsp3) is 0.524. The first-order valence-corrected chi connectivity index (χ1v) is 10.4. The van der Waals surface area contributed by atoms with Crippen molar-refractivity contribution in [2.45, 2.75) is 45.4 Å². The maximum absolute atomic E-state index is 4.80. The van der Waals surface area contributed by atoms with E-state index < -0.39 is 0 Å². The molecule has 2 aliphatic rings. The summed E-state index contributed by atoms with van der Waals surface area (Å²) in [6, 6.07) is 8.17. The first-order valence-electron chi connectivity index (χ1n) is 10.4. The minimum atomic E-state index is 0.515. The normalized spacial score (nSPS) is 17.9. The molecule has 2 saturated heterocycles. The Morgan fingerprint density at radius 1 is 0.821 bits per heavy atom. The van der Waals surface area contributed by atoms with Gasteiger partial charge in [0.25, 0.3) is 0 Å². The minimum absolute atomic E-state index is 0.515. The van der Waals surface area contributed by atoms with Gasteiger partial charge < -0.3 is 9.80 Å². The van der Waals surface area contributed by atoms with Crippen LogP contribution in [0.1, 0.15) is 49.7 Å². The predicted molar refractivity (Wildman–Crippen MR) is 114 cm³/mol. The number of rotatable bonds is 5. The molecule has 148 valence electrons. The van der Waals surface area contributed by atoms with E-state index in [-0.39, 0.29) is 0 Å². The molecular formula is C21H29N7. The number of nitrogens with zero attached hydrogens (tertiary/aromatic N) is 6. The number of nitrogens with one attached hydrogen (secondary N) is 1. The number of aryl methyl sites for hydroxylation is 1. The monoisotopic (exact) mass is 379 g/mol. The van der Waals surface area contributed by atoms with Gasteiger partial charge in [-0.1, -0.05) is 24.3 Å². The largest absolute Gasteiger partial charge is 0.341 e. The van der Waals surface area contributed by atoms with Crippen molar-refractivity contribution in [1.29, 1.82) is 0 Å². The Balaban J connectivity index is 1.56. The van der Waals surface area contributed by atoms with Crippen LogP contribution in [-0.2, 0) is 0 Å². The molecule has 0 radical (unpaired) electrons. The van der Waals surface area contributed by atoms with Crippen LogP contribution in [0.4, 0.5) is 17.8 Å². The molecule has 0 amide bonds. The Morgan fingerprint density at radius 3 is 1.96 bits per heavy atom. The van der Waals surface area contributed by atoms with E-state index in [1.54, 1.807) is 0 Å². The molecule has 0 saturated carbocycles. The van der Waals surface area contributed by atoms with Gasteiger partial charge in [0, 0.05) is 26.2 Å². The van der Waals surface area contributed by atoms with E-state index in [2.05, 4.69) is 43.3 Å². The highest BCUT2D eigenvalue weighted by molar-refractivity contribution is 5.81. The van der Waals surface area contributed by atoms with Gasteiger partial charge in [0.2, 0.25) is 17.8 Å². The third-order valence-electron chi connectivity index (χ3n) is 5.45. The number of hydrogen-bond acceptors (Lipinski definition) is 7. The fourth-order valence-electron chi connectivity index (χ4n) is 3.77. The lowest BCUT2D eigenvalue weighted by atomic mass is 10.1. The van der Waals surface area contributed by atoms with Gasteiger partial charge in [-0.15, -0.1) is 0 Å². The highest BCUT2D eigenvalue weighted by Gasteiger charge is 2.20. The van der Waals surface area contributed by atoms with Crippen LogP contribution in [0.15, 0.2) is 29.4 Å². The van der Waals surface area contributed by atoms with Crippen molar-refractivity contribution >= 4 is 24.1 Å². The number of benzene rings is 1. The average Bonchev–Trinajstić information content (AvgIpc) is 2.76. The van der Waals surface area contributed by atoms with Crippen molar-refractivity contribution in [3.05, 3.63) is 35.4 Å². The fourth-order valence-corrected chi connectivity index (χ4v) is 3.77. The van der Waals surface area contributed by atoms with Crippen LogP contribution < -0.4 is 15.2 Å². The second-order valence-electron chi connectivity index (χ2n) is 7.58. The molecule has 0 bridgehead atoms. The number of hydrogen-bond donors (Lipinski definition) is 1. The highest BCUT2D eigenvalue weighted by atomic mass is 15.4. The number of piperidine rings is 2. The summed E-state index contributed by atoms with van der Waals surface area (Å²) >= 11 is 0. The molecule has 1 aromatic carbocycles. The van der Waals surface area contributed by atoms with Gasteiger partial charge in [-0.3, -0.25) is 0 Å². The molecule has 0 spiro atoms. The summed E-state index contributed by atoms with van der Waals surface area (Å²) in [6.45, 7) is 6.11. The molecule has 0 aliphatic carbocycles. The van der Waals surface area contributed by atoms with Crippen LogP contribution in [0.25, 0.3) is 0 Å². The Kier molecular flexibility index (Phi) is 5.99. The summed E-state index contributed by atoms with van der Waals surface area (Å²) < 4.78 is 0. The van der Waals surface area contributed by atoms with Gasteiger partial charge in [-0.2, -0.15) is 20.1 Å². The standard InChI is InChI=1S/C21H29N7/c1-17-10-4-5-11-18(17)16-22-26-19-23-20(27-12-6-2-7-13-27)25-21(24-19)28-14-8-3-9-15-28/h4-5,10-11,16H,2-3,6-9,12-15H2,1H3,(H,23,24,25,26). The van der Waals surface area contributed by atoms with Crippen molar-refractivity contribution in [1.82, 2.24) is 15.0 Å². The number of aromatic nitrogens is 3. The summed E-state index contributed by atoms with van der Waals surface area (Å²) in [6.07, 6.45) is 9.16. The van der Waals surface area contributed by atoms with E-state index in [9.17, 15) is 0 Å². The van der Waals surface area contributed by atoms with Crippen molar-refractivity contribution in [2.75, 3.05) is 41.4 Å². The predicted octanol–water partition coefficient (Wildman–Crippen LogP) is 3.61. The molecular weight excluding hydrogens is 350 g/mol. The average molecular weight is 380 g/mol. The zero-order chi connectivity index (χ0) is 19.2. The topological polar surface area (TPSA) is 69.5 Å². The van der Waals surface area contributed by atoms with E-state index in [1.165, 1.54) is 44.1 Å². The second kappa shape index (κ2) is 8.99. The number of anilines is 3. The lowest BCUT2D eigenvalue weighted by Gasteiger charge is -2.30. The van der Waals surface area contributed by atoms with Gasteiger partial charge in [-0.25, -0.2) is 5.43 Å². The molecule has 4 rings (SSSR count). The van der Waals surface area contributed by atoms with Gasteiger partial charge in [0.15, 0.2) is 0 Å². The molecule has 3 heterocycles. The lowest BCUT2D eigenvalue weighted by molar-refractivity contribution is 0.556. The Morgan fingerprint density at radius 2 is 1.39 bits per heavy atom. The summed E-state index contributed by atoms with van der Waals surface area (Å²) in [5.74, 6) is 2.05. The molecule has 2 aromatic rings. The number of hydrazone groups is 1. The van der Waals surface area contributed by atoms with E-state index in [1.807, 2.05) is 24.4 Å². The molecule has 0 atom stereocenters. The van der Waals surface area contributed by atoms with Crippen molar-refractivity contribution in [2.24, 2.45) is 5.10 Å². The molecule has 0 unspecified atom stereocenters. The van der Waals surface area contributed by atoms with Gasteiger partial charge in [0.05, 0.1) is 6.21 Å². The van der Waals surface area contributed by atoms with E-state index in [4.69, 9.17) is 4.98 Å². The zero-order valence-corrected chi connectivity index (χ0v) is 16.6. The van der Waals surface area contributed by atoms with Crippen LogP contribution in [-0.4, -0.2) is 47.3 Å². The van der Waals surface area contributed by atoms with Gasteiger partial charge in [-0.05, 0) is 56.6 Å². The second-order valence-corrected chi connectivity index (χ2v) is 7.58. The zero-order valence-electron chi connectivity index (χ0n) is 16.6. The maximum atomic E-state index is 4.80. The summed E-state index contributed by atoms with van der Waals surface area (Å²) in [7, 11) is 0. The van der Waals surface area contributed by atoms with Crippen LogP contribution >= 0.6 is 0 Å². The molecule has 7 heteroatoms. The highest BCUT2D eigenvalue weighted by Crippen LogP contribution is 2.22. The summed E-state index contributed by atoms with van der Waals surface area (Å²) in [5, 5.41) is 4.38. The summed E-state index contributed by atoms with van der Waals surface area (Å²) in [5.41, 5.74) is 5.30. The maximum Gasteiger partial charge on any atom is 0.250 e. The van der Waals surface area contributed by atoms with Gasteiger partial charge in [0.1, 0.15) is 0 Å². The van der Waals surface area contributed by atoms with Crippen molar-refractivity contribution < 1.29 is 0 Å².